The number of phenols is 1. The van der Waals surface area contributed by atoms with E-state index < -0.39 is 0 Å². The van der Waals surface area contributed by atoms with Crippen molar-refractivity contribution in [3.8, 4) is 11.5 Å². The summed E-state index contributed by atoms with van der Waals surface area (Å²) in [5.41, 5.74) is 5.72. The van der Waals surface area contributed by atoms with E-state index in [4.69, 9.17) is 10.5 Å². The van der Waals surface area contributed by atoms with Crippen LogP contribution in [0.2, 0.25) is 0 Å². The van der Waals surface area contributed by atoms with Crippen LogP contribution < -0.4 is 15.8 Å². The maximum Gasteiger partial charge on any atom is 0.255 e. The van der Waals surface area contributed by atoms with Gasteiger partial charge in [-0.2, -0.15) is 0 Å². The van der Waals surface area contributed by atoms with Crippen LogP contribution in [0.1, 0.15) is 37.6 Å². The van der Waals surface area contributed by atoms with Gasteiger partial charge in [0, 0.05) is 12.1 Å². The molecule has 1 amide bonds. The molecule has 20 heavy (non-hydrogen) atoms. The van der Waals surface area contributed by atoms with E-state index in [1.807, 2.05) is 20.8 Å². The Morgan fingerprint density at radius 3 is 2.55 bits per heavy atom. The lowest BCUT2D eigenvalue weighted by molar-refractivity contribution is 0.0896. The predicted molar refractivity (Wildman–Crippen MR) is 79.0 cm³/mol. The van der Waals surface area contributed by atoms with Crippen molar-refractivity contribution in [3.63, 3.8) is 0 Å². The molecule has 0 saturated carbocycles. The Bertz CT molecular complexity index is 467. The predicted octanol–water partition coefficient (Wildman–Crippen LogP) is 1.89. The van der Waals surface area contributed by atoms with E-state index in [1.165, 1.54) is 13.2 Å². The van der Waals surface area contributed by atoms with Crippen LogP contribution in [0.3, 0.4) is 0 Å². The van der Waals surface area contributed by atoms with Gasteiger partial charge in [0.05, 0.1) is 12.7 Å². The van der Waals surface area contributed by atoms with Crippen LogP contribution in [-0.2, 0) is 0 Å². The summed E-state index contributed by atoms with van der Waals surface area (Å²) in [5, 5.41) is 12.8. The van der Waals surface area contributed by atoms with Crippen LogP contribution >= 0.6 is 0 Å². The van der Waals surface area contributed by atoms with Crippen LogP contribution in [0.4, 0.5) is 0 Å². The smallest absolute Gasteiger partial charge is 0.255 e. The minimum absolute atomic E-state index is 0.0542. The average molecular weight is 280 g/mol. The molecule has 1 unspecified atom stereocenters. The zero-order chi connectivity index (χ0) is 15.3. The van der Waals surface area contributed by atoms with Gasteiger partial charge in [-0.3, -0.25) is 4.79 Å². The van der Waals surface area contributed by atoms with Crippen molar-refractivity contribution >= 4 is 5.91 Å². The zero-order valence-corrected chi connectivity index (χ0v) is 12.6. The van der Waals surface area contributed by atoms with Crippen LogP contribution in [0.5, 0.6) is 11.5 Å². The van der Waals surface area contributed by atoms with E-state index in [9.17, 15) is 9.90 Å². The first-order valence-corrected chi connectivity index (χ1v) is 6.67. The molecule has 0 radical (unpaired) electrons. The second-order valence-corrected chi connectivity index (χ2v) is 5.85. The molecule has 1 aromatic rings. The Balaban J connectivity index is 2.89. The van der Waals surface area contributed by atoms with E-state index in [0.717, 1.165) is 0 Å². The van der Waals surface area contributed by atoms with Crippen molar-refractivity contribution < 1.29 is 14.6 Å². The van der Waals surface area contributed by atoms with Crippen molar-refractivity contribution in [2.75, 3.05) is 13.7 Å². The lowest BCUT2D eigenvalue weighted by Crippen LogP contribution is -2.44. The Kier molecular flexibility index (Phi) is 5.39. The van der Waals surface area contributed by atoms with Gasteiger partial charge in [0.15, 0.2) is 0 Å². The van der Waals surface area contributed by atoms with Gasteiger partial charge >= 0.3 is 0 Å². The van der Waals surface area contributed by atoms with E-state index in [2.05, 4.69) is 5.32 Å². The third-order valence-electron chi connectivity index (χ3n) is 3.26. The third kappa shape index (κ3) is 4.13. The Morgan fingerprint density at radius 2 is 2.10 bits per heavy atom. The van der Waals surface area contributed by atoms with Gasteiger partial charge in [0.2, 0.25) is 0 Å². The molecule has 0 spiro atoms. The number of methoxy groups -OCH3 is 1. The maximum absolute atomic E-state index is 12.2. The fraction of sp³-hybridized carbons (Fsp3) is 0.533. The highest BCUT2D eigenvalue weighted by Gasteiger charge is 2.26. The molecule has 5 nitrogen and oxygen atoms in total. The fourth-order valence-corrected chi connectivity index (χ4v) is 1.95. The largest absolute Gasteiger partial charge is 0.507 e. The molecule has 0 aliphatic heterocycles. The Morgan fingerprint density at radius 1 is 1.45 bits per heavy atom. The first kappa shape index (κ1) is 16.3. The first-order valence-electron chi connectivity index (χ1n) is 6.67. The second-order valence-electron chi connectivity index (χ2n) is 5.85. The molecule has 0 aliphatic carbocycles. The van der Waals surface area contributed by atoms with Gasteiger partial charge in [-0.25, -0.2) is 0 Å². The average Bonchev–Trinajstić information content (AvgIpc) is 2.36. The lowest BCUT2D eigenvalue weighted by atomic mass is 9.84. The minimum Gasteiger partial charge on any atom is -0.507 e. The van der Waals surface area contributed by atoms with Crippen molar-refractivity contribution in [2.24, 2.45) is 11.1 Å². The number of carbonyl (C=O) groups excluding carboxylic acids is 1. The van der Waals surface area contributed by atoms with Crippen molar-refractivity contribution in [1.29, 1.82) is 0 Å². The van der Waals surface area contributed by atoms with E-state index in [0.29, 0.717) is 18.7 Å². The van der Waals surface area contributed by atoms with Crippen LogP contribution in [-0.4, -0.2) is 30.7 Å². The molecule has 1 atom stereocenters. The molecule has 1 aromatic carbocycles. The molecule has 0 bridgehead atoms. The molecule has 0 fully saturated rings. The molecular weight excluding hydrogens is 256 g/mol. The molecule has 1 rings (SSSR count). The number of carbonyl (C=O) groups is 1. The number of nitrogens with one attached hydrogen (secondary N) is 1. The number of phenolic OH excluding ortho intramolecular Hbond substituents is 1. The van der Waals surface area contributed by atoms with E-state index in [-0.39, 0.29) is 28.7 Å². The summed E-state index contributed by atoms with van der Waals surface area (Å²) in [6, 6.07) is 4.56. The van der Waals surface area contributed by atoms with Crippen molar-refractivity contribution in [2.45, 2.75) is 33.2 Å². The highest BCUT2D eigenvalue weighted by molar-refractivity contribution is 5.97. The summed E-state index contributed by atoms with van der Waals surface area (Å²) in [6.07, 6.45) is 0.687. The number of benzene rings is 1. The molecule has 0 saturated heterocycles. The van der Waals surface area contributed by atoms with Crippen LogP contribution in [0, 0.1) is 5.41 Å². The van der Waals surface area contributed by atoms with E-state index in [1.54, 1.807) is 12.1 Å². The van der Waals surface area contributed by atoms with Gasteiger partial charge < -0.3 is 20.9 Å². The first-order chi connectivity index (χ1) is 9.29. The minimum atomic E-state index is -0.307. The molecule has 5 heteroatoms. The quantitative estimate of drug-likeness (QED) is 0.769. The monoisotopic (exact) mass is 280 g/mol. The standard InChI is InChI=1S/C15H24N2O3/c1-15(2,3)13(7-8-16)17-14(19)11-6-5-10(20-4)9-12(11)18/h5-6,9,13,18H,7-8,16H2,1-4H3,(H,17,19). The molecular formula is C15H24N2O3. The summed E-state index contributed by atoms with van der Waals surface area (Å²) in [5.74, 6) is 0.106. The topological polar surface area (TPSA) is 84.6 Å². The molecule has 0 aromatic heterocycles. The van der Waals surface area contributed by atoms with Crippen molar-refractivity contribution in [1.82, 2.24) is 5.32 Å². The normalized spacial score (nSPS) is 12.8. The SMILES string of the molecule is COc1ccc(C(=O)NC(CCN)C(C)(C)C)c(O)c1. The molecule has 0 heterocycles. The Hall–Kier alpha value is -1.75. The summed E-state index contributed by atoms with van der Waals surface area (Å²) >= 11 is 0. The van der Waals surface area contributed by atoms with Gasteiger partial charge in [-0.1, -0.05) is 20.8 Å². The summed E-state index contributed by atoms with van der Waals surface area (Å²) in [4.78, 5) is 12.2. The summed E-state index contributed by atoms with van der Waals surface area (Å²) < 4.78 is 5.00. The molecule has 4 N–H and O–H groups in total. The number of hydrogen-bond donors (Lipinski definition) is 3. The summed E-state index contributed by atoms with van der Waals surface area (Å²) in [6.45, 7) is 6.63. The third-order valence-corrected chi connectivity index (χ3v) is 3.26. The van der Waals surface area contributed by atoms with Crippen molar-refractivity contribution in [3.05, 3.63) is 23.8 Å². The number of aromatic hydroxyl groups is 1. The van der Waals surface area contributed by atoms with Gasteiger partial charge in [-0.05, 0) is 30.5 Å². The molecule has 112 valence electrons. The second kappa shape index (κ2) is 6.61. The van der Waals surface area contributed by atoms with Gasteiger partial charge in [0.25, 0.3) is 5.91 Å². The van der Waals surface area contributed by atoms with E-state index >= 15 is 0 Å². The summed E-state index contributed by atoms with van der Waals surface area (Å²) in [7, 11) is 1.51. The maximum atomic E-state index is 12.2. The molecule has 0 aliphatic rings. The highest BCUT2D eigenvalue weighted by Crippen LogP contribution is 2.25. The zero-order valence-electron chi connectivity index (χ0n) is 12.6. The number of ether oxygens (including phenoxy) is 1. The van der Waals surface area contributed by atoms with Gasteiger partial charge in [0.1, 0.15) is 11.5 Å². The number of rotatable bonds is 5. The number of amides is 1. The van der Waals surface area contributed by atoms with Crippen LogP contribution in [0.25, 0.3) is 0 Å². The van der Waals surface area contributed by atoms with Crippen LogP contribution in [0.15, 0.2) is 18.2 Å². The fourth-order valence-electron chi connectivity index (χ4n) is 1.95. The lowest BCUT2D eigenvalue weighted by Gasteiger charge is -2.31. The number of nitrogens with two attached hydrogens (primary N) is 1. The highest BCUT2D eigenvalue weighted by atomic mass is 16.5. The van der Waals surface area contributed by atoms with Gasteiger partial charge in [-0.15, -0.1) is 0 Å². The Labute approximate surface area is 120 Å². The number of hydrogen-bond acceptors (Lipinski definition) is 4.